The molecule has 11 heteroatoms. The number of benzene rings is 2. The number of nitrogens with zero attached hydrogens (tertiary/aromatic N) is 5. The van der Waals surface area contributed by atoms with Crippen LogP contribution >= 0.6 is 11.3 Å². The Morgan fingerprint density at radius 1 is 1.11 bits per heavy atom. The molecule has 37 heavy (non-hydrogen) atoms. The minimum Gasteiger partial charge on any atom is -0.508 e. The molecule has 2 N–H and O–H groups in total. The average molecular weight is 523 g/mol. The van der Waals surface area contributed by atoms with Gasteiger partial charge in [0.1, 0.15) is 24.2 Å². The number of aromatic nitrogens is 4. The van der Waals surface area contributed by atoms with Gasteiger partial charge in [0.05, 0.1) is 6.54 Å². The first-order valence-corrected chi connectivity index (χ1v) is 12.4. The van der Waals surface area contributed by atoms with Gasteiger partial charge < -0.3 is 15.3 Å². The molecule has 0 aliphatic rings. The Morgan fingerprint density at radius 2 is 1.81 bits per heavy atom. The molecule has 4 rings (SSSR count). The van der Waals surface area contributed by atoms with Crippen LogP contribution in [-0.4, -0.2) is 47.6 Å². The van der Waals surface area contributed by atoms with E-state index < -0.39 is 17.5 Å². The predicted molar refractivity (Wildman–Crippen MR) is 137 cm³/mol. The highest BCUT2D eigenvalue weighted by Gasteiger charge is 2.34. The second kappa shape index (κ2) is 10.9. The zero-order valence-electron chi connectivity index (χ0n) is 20.6. The normalized spacial score (nSPS) is 12.2. The summed E-state index contributed by atoms with van der Waals surface area (Å²) in [6.07, 6.45) is 0. The van der Waals surface area contributed by atoms with Gasteiger partial charge in [0, 0.05) is 16.0 Å². The number of halogens is 1. The molecule has 4 aromatic rings. The first-order chi connectivity index (χ1) is 17.6. The molecule has 2 amide bonds. The first kappa shape index (κ1) is 26.0. The van der Waals surface area contributed by atoms with Crippen LogP contribution in [0.4, 0.5) is 4.39 Å². The summed E-state index contributed by atoms with van der Waals surface area (Å²) in [7, 11) is 0. The lowest BCUT2D eigenvalue weighted by molar-refractivity contribution is -0.143. The van der Waals surface area contributed by atoms with Crippen LogP contribution in [0.25, 0.3) is 11.4 Å². The number of tetrazole rings is 1. The van der Waals surface area contributed by atoms with Crippen molar-refractivity contribution in [3.63, 3.8) is 0 Å². The molecule has 0 unspecified atom stereocenters. The van der Waals surface area contributed by atoms with Gasteiger partial charge in [0.25, 0.3) is 0 Å². The Morgan fingerprint density at radius 3 is 2.43 bits per heavy atom. The van der Waals surface area contributed by atoms with E-state index in [2.05, 4.69) is 20.7 Å². The van der Waals surface area contributed by atoms with Crippen molar-refractivity contribution in [3.8, 4) is 17.1 Å². The Kier molecular flexibility index (Phi) is 7.63. The number of amides is 2. The van der Waals surface area contributed by atoms with Crippen molar-refractivity contribution >= 4 is 23.2 Å². The van der Waals surface area contributed by atoms with Crippen molar-refractivity contribution in [1.82, 2.24) is 30.4 Å². The van der Waals surface area contributed by atoms with Crippen LogP contribution in [0.5, 0.6) is 5.75 Å². The Hall–Kier alpha value is -4.12. The van der Waals surface area contributed by atoms with Crippen molar-refractivity contribution in [2.75, 3.05) is 0 Å². The minimum atomic E-state index is -0.977. The van der Waals surface area contributed by atoms with Gasteiger partial charge in [-0.3, -0.25) is 9.59 Å². The van der Waals surface area contributed by atoms with E-state index >= 15 is 0 Å². The van der Waals surface area contributed by atoms with E-state index in [0.29, 0.717) is 11.1 Å². The molecule has 0 spiro atoms. The fraction of sp³-hybridized carbons (Fsp3) is 0.269. The van der Waals surface area contributed by atoms with Crippen LogP contribution in [-0.2, 0) is 22.7 Å². The number of rotatable bonds is 8. The number of phenolic OH excluding ortho intramolecular Hbond substituents is 1. The van der Waals surface area contributed by atoms with E-state index in [-0.39, 0.29) is 36.4 Å². The molecule has 0 fully saturated rings. The number of nitrogens with one attached hydrogen (secondary N) is 1. The zero-order chi connectivity index (χ0) is 26.6. The SMILES string of the molecule is CC(C)(C)NC(=O)[C@H](c1ccc(O)cc1)N(Cc1cccs1)C(=O)Cn1nnc(-c2ccc(F)cc2)n1. The van der Waals surface area contributed by atoms with Crippen LogP contribution < -0.4 is 5.32 Å². The molecular weight excluding hydrogens is 495 g/mol. The smallest absolute Gasteiger partial charge is 0.247 e. The highest BCUT2D eigenvalue weighted by atomic mass is 32.1. The standard InChI is InChI=1S/C26H27FN6O3S/c1-26(2,3)28-25(36)23(17-8-12-20(34)13-9-17)32(15-21-5-4-14-37-21)22(35)16-33-30-24(29-31-33)18-6-10-19(27)11-7-18/h4-14,23,34H,15-16H2,1-3H3,(H,28,36)/t23-/m0/s1. The lowest BCUT2D eigenvalue weighted by atomic mass is 10.0. The molecule has 0 aliphatic heterocycles. The average Bonchev–Trinajstić information content (AvgIpc) is 3.51. The third kappa shape index (κ3) is 6.76. The van der Waals surface area contributed by atoms with Crippen molar-refractivity contribution in [2.24, 2.45) is 0 Å². The van der Waals surface area contributed by atoms with E-state index in [1.54, 1.807) is 12.1 Å². The second-order valence-electron chi connectivity index (χ2n) is 9.48. The molecule has 2 aromatic carbocycles. The van der Waals surface area contributed by atoms with Crippen LogP contribution in [0, 0.1) is 5.82 Å². The number of hydrogen-bond acceptors (Lipinski definition) is 7. The molecule has 0 saturated carbocycles. The Bertz CT molecular complexity index is 1350. The molecule has 192 valence electrons. The number of phenols is 1. The van der Waals surface area contributed by atoms with Crippen LogP contribution in [0.1, 0.15) is 37.3 Å². The van der Waals surface area contributed by atoms with Crippen molar-refractivity contribution < 1.29 is 19.1 Å². The molecule has 0 aliphatic carbocycles. The summed E-state index contributed by atoms with van der Waals surface area (Å²) in [5, 5.41) is 26.9. The maximum absolute atomic E-state index is 13.7. The molecule has 9 nitrogen and oxygen atoms in total. The fourth-order valence-corrected chi connectivity index (χ4v) is 4.40. The largest absolute Gasteiger partial charge is 0.508 e. The Labute approximate surface area is 217 Å². The van der Waals surface area contributed by atoms with E-state index in [1.165, 1.54) is 52.6 Å². The predicted octanol–water partition coefficient (Wildman–Crippen LogP) is 3.93. The summed E-state index contributed by atoms with van der Waals surface area (Å²) in [6.45, 7) is 5.50. The second-order valence-corrected chi connectivity index (χ2v) is 10.5. The highest BCUT2D eigenvalue weighted by Crippen LogP contribution is 2.27. The van der Waals surface area contributed by atoms with Gasteiger partial charge in [-0.25, -0.2) is 4.39 Å². The lowest BCUT2D eigenvalue weighted by Gasteiger charge is -2.33. The maximum Gasteiger partial charge on any atom is 0.247 e. The molecule has 0 bridgehead atoms. The quantitative estimate of drug-likeness (QED) is 0.363. The van der Waals surface area contributed by atoms with Gasteiger partial charge in [-0.2, -0.15) is 4.80 Å². The number of carbonyl (C=O) groups is 2. The first-order valence-electron chi connectivity index (χ1n) is 11.6. The minimum absolute atomic E-state index is 0.0509. The van der Waals surface area contributed by atoms with Gasteiger partial charge in [-0.1, -0.05) is 18.2 Å². The van der Waals surface area contributed by atoms with Crippen LogP contribution in [0.15, 0.2) is 66.0 Å². The summed E-state index contributed by atoms with van der Waals surface area (Å²) in [4.78, 5) is 30.8. The van der Waals surface area contributed by atoms with Gasteiger partial charge in [0.2, 0.25) is 17.6 Å². The van der Waals surface area contributed by atoms with E-state index in [1.807, 2.05) is 38.3 Å². The molecule has 2 aromatic heterocycles. The van der Waals surface area contributed by atoms with Crippen LogP contribution in [0.3, 0.4) is 0 Å². The molecular formula is C26H27FN6O3S. The molecule has 0 radical (unpaired) electrons. The third-order valence-corrected chi connectivity index (χ3v) is 6.19. The van der Waals surface area contributed by atoms with E-state index in [4.69, 9.17) is 0 Å². The third-order valence-electron chi connectivity index (χ3n) is 5.33. The number of hydrogen-bond donors (Lipinski definition) is 2. The van der Waals surface area contributed by atoms with Crippen molar-refractivity contribution in [3.05, 3.63) is 82.3 Å². The molecule has 1 atom stereocenters. The van der Waals surface area contributed by atoms with Gasteiger partial charge in [-0.05, 0) is 79.4 Å². The summed E-state index contributed by atoms with van der Waals surface area (Å²) >= 11 is 1.47. The maximum atomic E-state index is 13.7. The van der Waals surface area contributed by atoms with Gasteiger partial charge >= 0.3 is 0 Å². The fourth-order valence-electron chi connectivity index (χ4n) is 3.70. The van der Waals surface area contributed by atoms with Crippen molar-refractivity contribution in [2.45, 2.75) is 45.4 Å². The van der Waals surface area contributed by atoms with Crippen LogP contribution in [0.2, 0.25) is 0 Å². The van der Waals surface area contributed by atoms with E-state index in [9.17, 15) is 19.1 Å². The van der Waals surface area contributed by atoms with Gasteiger partial charge in [0.15, 0.2) is 0 Å². The number of aromatic hydroxyl groups is 1. The summed E-state index contributed by atoms with van der Waals surface area (Å²) in [5.74, 6) is -0.849. The highest BCUT2D eigenvalue weighted by molar-refractivity contribution is 7.09. The summed E-state index contributed by atoms with van der Waals surface area (Å²) < 4.78 is 13.3. The molecule has 2 heterocycles. The Balaban J connectivity index is 1.66. The molecule has 0 saturated heterocycles. The summed E-state index contributed by atoms with van der Waals surface area (Å²) in [5.41, 5.74) is 0.562. The van der Waals surface area contributed by atoms with Crippen molar-refractivity contribution in [1.29, 1.82) is 0 Å². The summed E-state index contributed by atoms with van der Waals surface area (Å²) in [6, 6.07) is 14.6. The zero-order valence-corrected chi connectivity index (χ0v) is 21.4. The van der Waals surface area contributed by atoms with Gasteiger partial charge in [-0.15, -0.1) is 21.5 Å². The van der Waals surface area contributed by atoms with E-state index in [0.717, 1.165) is 9.67 Å². The number of thiophene rings is 1. The topological polar surface area (TPSA) is 113 Å². The lowest BCUT2D eigenvalue weighted by Crippen LogP contribution is -2.49. The monoisotopic (exact) mass is 522 g/mol. The number of carbonyl (C=O) groups excluding carboxylic acids is 2.